The molecule has 4 heteroatoms. The van der Waals surface area contributed by atoms with Gasteiger partial charge in [-0.25, -0.2) is 0 Å². The number of aliphatic hydroxyl groups is 2. The Morgan fingerprint density at radius 2 is 0.907 bits per heavy atom. The molecule has 1 amide bonds. The van der Waals surface area contributed by atoms with Crippen molar-refractivity contribution in [3.05, 3.63) is 35.4 Å². The molecule has 0 fully saturated rings. The number of hydrogen-bond acceptors (Lipinski definition) is 3. The molecule has 43 heavy (non-hydrogen) atoms. The van der Waals surface area contributed by atoms with Gasteiger partial charge in [-0.2, -0.15) is 0 Å². The number of hydrogen-bond donors (Lipinski definition) is 3. The second-order valence-electron chi connectivity index (χ2n) is 12.7. The molecule has 0 aliphatic carbocycles. The van der Waals surface area contributed by atoms with Crippen LogP contribution in [-0.4, -0.2) is 34.9 Å². The zero-order valence-corrected chi connectivity index (χ0v) is 29.2. The summed E-state index contributed by atoms with van der Waals surface area (Å²) in [5, 5.41) is 23.1. The minimum absolute atomic E-state index is 0.0583. The monoisotopic (exact) mass is 604 g/mol. The molecule has 3 N–H and O–H groups in total. The Morgan fingerprint density at radius 1 is 0.558 bits per heavy atom. The normalized spacial score (nSPS) is 11.3. The van der Waals surface area contributed by atoms with E-state index in [-0.39, 0.29) is 19.1 Å². The van der Waals surface area contributed by atoms with E-state index in [0.717, 1.165) is 25.7 Å². The smallest absolute Gasteiger partial charge is 0.220 e. The maximum Gasteiger partial charge on any atom is 0.220 e. The Labute approximate surface area is 268 Å². The van der Waals surface area contributed by atoms with Crippen LogP contribution >= 0.6 is 0 Å². The van der Waals surface area contributed by atoms with Gasteiger partial charge in [-0.05, 0) is 43.2 Å². The van der Waals surface area contributed by atoms with E-state index in [1.165, 1.54) is 133 Å². The van der Waals surface area contributed by atoms with E-state index in [9.17, 15) is 15.0 Å². The number of aryl methyl sites for hydroxylation is 2. The number of benzene rings is 1. The quantitative estimate of drug-likeness (QED) is 0.0798. The molecule has 0 aliphatic rings. The number of nitrogens with one attached hydrogen (secondary N) is 1. The van der Waals surface area contributed by atoms with Gasteiger partial charge in [0.15, 0.2) is 0 Å². The molecule has 0 saturated heterocycles. The van der Waals surface area contributed by atoms with Crippen molar-refractivity contribution >= 4 is 5.91 Å². The standard InChI is InChI=1S/C37H67NO3.C2H6/c1-3-5-7-9-11-12-13-14-15-16-17-18-19-21-23-25-36(41)38-37(32-39,33-40)31-30-35-28-26-34(27-29-35)24-22-20-10-8-6-4-2;1-2/h26-29,39-40H,3-25,30-33H2,1-2H3,(H,38,41);1-2H3. The molecule has 0 heterocycles. The van der Waals surface area contributed by atoms with E-state index in [4.69, 9.17) is 0 Å². The van der Waals surface area contributed by atoms with Crippen molar-refractivity contribution in [1.29, 1.82) is 0 Å². The summed E-state index contributed by atoms with van der Waals surface area (Å²) in [5.74, 6) is -0.0583. The first-order valence-corrected chi connectivity index (χ1v) is 18.7. The zero-order valence-electron chi connectivity index (χ0n) is 29.2. The molecule has 0 atom stereocenters. The van der Waals surface area contributed by atoms with Gasteiger partial charge in [-0.3, -0.25) is 4.79 Å². The van der Waals surface area contributed by atoms with Crippen LogP contribution in [0.4, 0.5) is 0 Å². The first-order valence-electron chi connectivity index (χ1n) is 18.7. The van der Waals surface area contributed by atoms with E-state index in [1.54, 1.807) is 0 Å². The largest absolute Gasteiger partial charge is 0.394 e. The average molecular weight is 604 g/mol. The molecule has 252 valence electrons. The maximum atomic E-state index is 12.6. The summed E-state index contributed by atoms with van der Waals surface area (Å²) < 4.78 is 0. The van der Waals surface area contributed by atoms with Gasteiger partial charge in [0.2, 0.25) is 5.91 Å². The number of amides is 1. The van der Waals surface area contributed by atoms with Gasteiger partial charge >= 0.3 is 0 Å². The van der Waals surface area contributed by atoms with Gasteiger partial charge in [0, 0.05) is 6.42 Å². The fraction of sp³-hybridized carbons (Fsp3) is 0.821. The van der Waals surface area contributed by atoms with Crippen LogP contribution in [0.25, 0.3) is 0 Å². The molecule has 1 aromatic carbocycles. The van der Waals surface area contributed by atoms with E-state index < -0.39 is 5.54 Å². The van der Waals surface area contributed by atoms with Crippen LogP contribution in [-0.2, 0) is 17.6 Å². The third-order valence-electron chi connectivity index (χ3n) is 8.75. The lowest BCUT2D eigenvalue weighted by molar-refractivity contribution is -0.124. The van der Waals surface area contributed by atoms with Crippen LogP contribution in [0.15, 0.2) is 24.3 Å². The Balaban J connectivity index is 0.00000862. The predicted molar refractivity (Wildman–Crippen MR) is 188 cm³/mol. The fourth-order valence-electron chi connectivity index (χ4n) is 5.73. The van der Waals surface area contributed by atoms with Crippen molar-refractivity contribution < 1.29 is 15.0 Å². The molecular weight excluding hydrogens is 530 g/mol. The third-order valence-corrected chi connectivity index (χ3v) is 8.75. The second kappa shape index (κ2) is 30.6. The molecule has 0 bridgehead atoms. The van der Waals surface area contributed by atoms with Crippen LogP contribution in [0.1, 0.15) is 187 Å². The minimum atomic E-state index is -0.955. The number of rotatable bonds is 29. The average Bonchev–Trinajstić information content (AvgIpc) is 3.04. The van der Waals surface area contributed by atoms with Crippen molar-refractivity contribution in [2.45, 2.75) is 194 Å². The van der Waals surface area contributed by atoms with Crippen LogP contribution in [0.3, 0.4) is 0 Å². The summed E-state index contributed by atoms with van der Waals surface area (Å²) in [6.07, 6.45) is 30.3. The topological polar surface area (TPSA) is 69.6 Å². The molecule has 4 nitrogen and oxygen atoms in total. The van der Waals surface area contributed by atoms with Crippen LogP contribution in [0, 0.1) is 0 Å². The summed E-state index contributed by atoms with van der Waals surface area (Å²) >= 11 is 0. The van der Waals surface area contributed by atoms with Crippen molar-refractivity contribution in [2.24, 2.45) is 0 Å². The molecule has 0 saturated carbocycles. The van der Waals surface area contributed by atoms with Gasteiger partial charge in [0.25, 0.3) is 0 Å². The summed E-state index contributed by atoms with van der Waals surface area (Å²) in [6, 6.07) is 8.72. The van der Waals surface area contributed by atoms with Gasteiger partial charge in [-0.1, -0.05) is 174 Å². The SMILES string of the molecule is CC.CCCCCCCCCCCCCCCCCC(=O)NC(CO)(CO)CCc1ccc(CCCCCCCC)cc1. The lowest BCUT2D eigenvalue weighted by Crippen LogP contribution is -2.54. The number of unbranched alkanes of at least 4 members (excludes halogenated alkanes) is 19. The molecule has 0 spiro atoms. The Kier molecular flexibility index (Phi) is 29.6. The summed E-state index contributed by atoms with van der Waals surface area (Å²) in [5.41, 5.74) is 1.60. The van der Waals surface area contributed by atoms with Gasteiger partial charge in [0.05, 0.1) is 18.8 Å². The van der Waals surface area contributed by atoms with E-state index in [1.807, 2.05) is 13.8 Å². The Morgan fingerprint density at radius 3 is 1.30 bits per heavy atom. The second-order valence-corrected chi connectivity index (χ2v) is 12.7. The summed E-state index contributed by atoms with van der Waals surface area (Å²) in [6.45, 7) is 8.04. The third kappa shape index (κ3) is 23.6. The van der Waals surface area contributed by atoms with Gasteiger partial charge in [0.1, 0.15) is 0 Å². The molecule has 1 rings (SSSR count). The van der Waals surface area contributed by atoms with Crippen LogP contribution in [0.5, 0.6) is 0 Å². The zero-order chi connectivity index (χ0) is 31.9. The van der Waals surface area contributed by atoms with Gasteiger partial charge < -0.3 is 15.5 Å². The van der Waals surface area contributed by atoms with E-state index in [2.05, 4.69) is 43.4 Å². The van der Waals surface area contributed by atoms with Crippen LogP contribution < -0.4 is 5.32 Å². The summed E-state index contributed by atoms with van der Waals surface area (Å²) in [7, 11) is 0. The highest BCUT2D eigenvalue weighted by Crippen LogP contribution is 2.18. The van der Waals surface area contributed by atoms with Crippen molar-refractivity contribution in [3.8, 4) is 0 Å². The van der Waals surface area contributed by atoms with Crippen molar-refractivity contribution in [2.75, 3.05) is 13.2 Å². The number of carbonyl (C=O) groups is 1. The molecule has 0 aromatic heterocycles. The number of carbonyl (C=O) groups excluding carboxylic acids is 1. The lowest BCUT2D eigenvalue weighted by Gasteiger charge is -2.31. The molecule has 0 aliphatic heterocycles. The molecular formula is C39H73NO3. The molecule has 1 aromatic rings. The first-order chi connectivity index (χ1) is 21.1. The highest BCUT2D eigenvalue weighted by atomic mass is 16.3. The van der Waals surface area contributed by atoms with Crippen molar-refractivity contribution in [1.82, 2.24) is 5.32 Å². The first kappa shape index (κ1) is 41.6. The lowest BCUT2D eigenvalue weighted by atomic mass is 9.91. The van der Waals surface area contributed by atoms with Gasteiger partial charge in [-0.15, -0.1) is 0 Å². The van der Waals surface area contributed by atoms with Crippen molar-refractivity contribution in [3.63, 3.8) is 0 Å². The number of aliphatic hydroxyl groups excluding tert-OH is 2. The highest BCUT2D eigenvalue weighted by Gasteiger charge is 2.30. The fourth-order valence-corrected chi connectivity index (χ4v) is 5.73. The Bertz CT molecular complexity index is 714. The molecule has 0 unspecified atom stereocenters. The summed E-state index contributed by atoms with van der Waals surface area (Å²) in [4.78, 5) is 12.6. The Hall–Kier alpha value is -1.39. The molecule has 0 radical (unpaired) electrons. The maximum absolute atomic E-state index is 12.6. The minimum Gasteiger partial charge on any atom is -0.394 e. The van der Waals surface area contributed by atoms with E-state index >= 15 is 0 Å². The van der Waals surface area contributed by atoms with Crippen LogP contribution in [0.2, 0.25) is 0 Å². The van der Waals surface area contributed by atoms with E-state index in [0.29, 0.717) is 12.8 Å². The highest BCUT2D eigenvalue weighted by molar-refractivity contribution is 5.76. The predicted octanol–water partition coefficient (Wildman–Crippen LogP) is 10.6.